The lowest BCUT2D eigenvalue weighted by Crippen LogP contribution is -2.39. The van der Waals surface area contributed by atoms with E-state index in [0.717, 1.165) is 0 Å². The van der Waals surface area contributed by atoms with Crippen LogP contribution >= 0.6 is 7.82 Å². The Balaban J connectivity index is 1.94. The lowest BCUT2D eigenvalue weighted by molar-refractivity contribution is -0.739. The molecular weight excluding hydrogens is 329 g/mol. The summed E-state index contributed by atoms with van der Waals surface area (Å²) in [6.45, 7) is -0.427. The normalized spacial score (nSPS) is 25.3. The van der Waals surface area contributed by atoms with Crippen molar-refractivity contribution in [2.24, 2.45) is 7.05 Å². The summed E-state index contributed by atoms with van der Waals surface area (Å²) in [5.41, 5.74) is 6.96. The molecule has 1 aliphatic rings. The van der Waals surface area contributed by atoms with E-state index in [-0.39, 0.29) is 6.42 Å². The van der Waals surface area contributed by atoms with E-state index in [1.165, 1.54) is 6.33 Å². The van der Waals surface area contributed by atoms with Crippen LogP contribution in [-0.2, 0) is 20.9 Å². The second-order valence-corrected chi connectivity index (χ2v) is 6.44. The first-order chi connectivity index (χ1) is 10.8. The van der Waals surface area contributed by atoms with Crippen LogP contribution in [0.2, 0.25) is 0 Å². The zero-order chi connectivity index (χ0) is 16.8. The average molecular weight is 346 g/mol. The molecule has 2 aromatic heterocycles. The Hall–Kier alpha value is -1.62. The van der Waals surface area contributed by atoms with Gasteiger partial charge in [0, 0.05) is 6.42 Å². The van der Waals surface area contributed by atoms with E-state index >= 15 is 0 Å². The highest BCUT2D eigenvalue weighted by Crippen LogP contribution is 2.42. The van der Waals surface area contributed by atoms with Gasteiger partial charge in [-0.25, -0.2) is 9.13 Å². The average Bonchev–Trinajstić information content (AvgIpc) is 2.99. The Morgan fingerprint density at radius 2 is 2.30 bits per heavy atom. The predicted octanol–water partition coefficient (Wildman–Crippen LogP) is -1.40. The topological polar surface area (TPSA) is 157 Å². The number of phosphoric ester groups is 1. The van der Waals surface area contributed by atoms with Crippen LogP contribution in [0.1, 0.15) is 12.6 Å². The summed E-state index contributed by atoms with van der Waals surface area (Å²) >= 11 is 0. The number of hydrogen-bond donors (Lipinski definition) is 4. The molecule has 0 saturated carbocycles. The Morgan fingerprint density at radius 3 is 2.96 bits per heavy atom. The number of ether oxygens (including phenoxy) is 1. The fraction of sp³-hybridized carbons (Fsp3) is 0.545. The molecule has 3 heterocycles. The minimum Gasteiger partial charge on any atom is -0.394 e. The third kappa shape index (κ3) is 3.07. The standard InChI is InChI=1S/C11H16N5O6P/c1-15-5-16(11-9(15)10(12)13-4-14-11)8-2-6(7(3-17)21-8)22-23(18,19)20/h4-8,17H,2-3H2,1H3,(H3-,12,13,14,18,19,20)/p+1/t6-,7+,8+/m0/s1. The number of anilines is 1. The second kappa shape index (κ2) is 5.78. The van der Waals surface area contributed by atoms with E-state index in [2.05, 4.69) is 9.97 Å². The first-order valence-corrected chi connectivity index (χ1v) is 8.30. The fourth-order valence-electron chi connectivity index (χ4n) is 2.74. The molecule has 0 amide bonds. The number of aliphatic hydroxyl groups is 1. The van der Waals surface area contributed by atoms with Gasteiger partial charge >= 0.3 is 13.5 Å². The molecule has 11 nitrogen and oxygen atoms in total. The molecule has 5 N–H and O–H groups in total. The summed E-state index contributed by atoms with van der Waals surface area (Å²) in [5.74, 6) is 0.302. The molecule has 0 aliphatic carbocycles. The Morgan fingerprint density at radius 1 is 1.57 bits per heavy atom. The molecule has 0 bridgehead atoms. The quantitative estimate of drug-likeness (QED) is 0.386. The zero-order valence-corrected chi connectivity index (χ0v) is 13.1. The number of aryl methyl sites for hydroxylation is 1. The van der Waals surface area contributed by atoms with E-state index < -0.39 is 32.9 Å². The number of rotatable bonds is 4. The van der Waals surface area contributed by atoms with Gasteiger partial charge in [-0.15, -0.1) is 0 Å². The Labute approximate surface area is 130 Å². The highest BCUT2D eigenvalue weighted by molar-refractivity contribution is 7.46. The minimum atomic E-state index is -4.69. The van der Waals surface area contributed by atoms with Crippen LogP contribution in [0.25, 0.3) is 11.2 Å². The zero-order valence-electron chi connectivity index (χ0n) is 12.2. The van der Waals surface area contributed by atoms with Crippen molar-refractivity contribution in [2.45, 2.75) is 24.9 Å². The summed E-state index contributed by atoms with van der Waals surface area (Å²) in [7, 11) is -2.92. The molecule has 2 aromatic rings. The minimum absolute atomic E-state index is 0.143. The van der Waals surface area contributed by atoms with Crippen LogP contribution in [0.5, 0.6) is 0 Å². The van der Waals surface area contributed by atoms with Crippen LogP contribution in [0.15, 0.2) is 12.7 Å². The second-order valence-electron chi connectivity index (χ2n) is 5.25. The number of nitrogen functional groups attached to an aromatic ring is 1. The molecule has 0 radical (unpaired) electrons. The lowest BCUT2D eigenvalue weighted by atomic mass is 10.2. The summed E-state index contributed by atoms with van der Waals surface area (Å²) in [6, 6.07) is 0. The van der Waals surface area contributed by atoms with Crippen molar-refractivity contribution in [1.82, 2.24) is 14.5 Å². The van der Waals surface area contributed by atoms with Crippen molar-refractivity contribution < 1.29 is 33.3 Å². The van der Waals surface area contributed by atoms with Gasteiger partial charge in [0.25, 0.3) is 0 Å². The molecule has 3 atom stereocenters. The SMILES string of the molecule is Cn1c[n+]([C@H]2C[C@H](OP(=O)(O)O)[C@@H](CO)O2)c2ncnc(N)c21. The summed E-state index contributed by atoms with van der Waals surface area (Å²) in [5, 5.41) is 9.34. The number of aromatic nitrogens is 4. The molecule has 1 aliphatic heterocycles. The van der Waals surface area contributed by atoms with E-state index in [9.17, 15) is 9.67 Å². The molecule has 1 fully saturated rings. The maximum absolute atomic E-state index is 11.0. The molecule has 0 unspecified atom stereocenters. The van der Waals surface area contributed by atoms with Gasteiger partial charge in [0.2, 0.25) is 5.52 Å². The van der Waals surface area contributed by atoms with Crippen LogP contribution < -0.4 is 10.3 Å². The molecule has 3 rings (SSSR count). The maximum Gasteiger partial charge on any atom is 0.469 e. The number of imidazole rings is 1. The van der Waals surface area contributed by atoms with Crippen molar-refractivity contribution in [1.29, 1.82) is 0 Å². The van der Waals surface area contributed by atoms with Gasteiger partial charge in [0.1, 0.15) is 12.2 Å². The van der Waals surface area contributed by atoms with Gasteiger partial charge < -0.3 is 25.4 Å². The summed E-state index contributed by atoms with van der Waals surface area (Å²) in [6.07, 6.45) is 0.749. The number of aliphatic hydroxyl groups excluding tert-OH is 1. The van der Waals surface area contributed by atoms with E-state index in [4.69, 9.17) is 24.8 Å². The third-order valence-electron chi connectivity index (χ3n) is 3.67. The number of nitrogens with zero attached hydrogens (tertiary/aromatic N) is 4. The fourth-order valence-corrected chi connectivity index (χ4v) is 3.32. The van der Waals surface area contributed by atoms with Gasteiger partial charge in [0.05, 0.1) is 13.7 Å². The first kappa shape index (κ1) is 16.2. The molecular formula is C11H17N5O6P+. The number of nitrogens with two attached hydrogens (primary N) is 1. The molecule has 126 valence electrons. The van der Waals surface area contributed by atoms with Crippen LogP contribution in [0.3, 0.4) is 0 Å². The van der Waals surface area contributed by atoms with E-state index in [1.807, 2.05) is 0 Å². The number of fused-ring (bicyclic) bond motifs is 1. The van der Waals surface area contributed by atoms with Gasteiger partial charge in [-0.3, -0.25) is 9.09 Å². The van der Waals surface area contributed by atoms with Gasteiger partial charge in [-0.1, -0.05) is 4.98 Å². The van der Waals surface area contributed by atoms with E-state index in [0.29, 0.717) is 17.0 Å². The lowest BCUT2D eigenvalue weighted by Gasteiger charge is -2.16. The van der Waals surface area contributed by atoms with Crippen molar-refractivity contribution in [3.05, 3.63) is 12.7 Å². The highest BCUT2D eigenvalue weighted by atomic mass is 31.2. The van der Waals surface area contributed by atoms with Crippen LogP contribution in [0.4, 0.5) is 5.82 Å². The smallest absolute Gasteiger partial charge is 0.394 e. The first-order valence-electron chi connectivity index (χ1n) is 6.77. The Bertz CT molecular complexity index is 776. The van der Waals surface area contributed by atoms with E-state index in [1.54, 1.807) is 22.5 Å². The van der Waals surface area contributed by atoms with Crippen molar-refractivity contribution in [3.63, 3.8) is 0 Å². The van der Waals surface area contributed by atoms with Crippen molar-refractivity contribution in [2.75, 3.05) is 12.3 Å². The summed E-state index contributed by atoms with van der Waals surface area (Å²) < 4.78 is 24.8. The molecule has 0 aromatic carbocycles. The number of phosphoric acid groups is 1. The monoisotopic (exact) mass is 346 g/mol. The predicted molar refractivity (Wildman–Crippen MR) is 75.6 cm³/mol. The van der Waals surface area contributed by atoms with Gasteiger partial charge in [-0.2, -0.15) is 4.98 Å². The van der Waals surface area contributed by atoms with Gasteiger partial charge in [-0.05, 0) is 0 Å². The summed E-state index contributed by atoms with van der Waals surface area (Å²) in [4.78, 5) is 26.0. The van der Waals surface area contributed by atoms with Crippen LogP contribution in [-0.4, -0.2) is 48.2 Å². The molecule has 23 heavy (non-hydrogen) atoms. The third-order valence-corrected chi connectivity index (χ3v) is 4.21. The van der Waals surface area contributed by atoms with Crippen LogP contribution in [0, 0.1) is 0 Å². The Kier molecular flexibility index (Phi) is 4.08. The van der Waals surface area contributed by atoms with Gasteiger partial charge in [0.15, 0.2) is 24.7 Å². The molecule has 1 saturated heterocycles. The van der Waals surface area contributed by atoms with Crippen molar-refractivity contribution >= 4 is 24.8 Å². The molecule has 0 spiro atoms. The molecule has 12 heteroatoms. The number of hydrogen-bond acceptors (Lipinski definition) is 7. The largest absolute Gasteiger partial charge is 0.469 e. The van der Waals surface area contributed by atoms with Crippen molar-refractivity contribution in [3.8, 4) is 0 Å². The highest BCUT2D eigenvalue weighted by Gasteiger charge is 2.42. The maximum atomic E-state index is 11.0.